The van der Waals surface area contributed by atoms with E-state index in [0.717, 1.165) is 0 Å². The highest BCUT2D eigenvalue weighted by Gasteiger charge is 2.29. The van der Waals surface area contributed by atoms with Crippen molar-refractivity contribution in [2.75, 3.05) is 26.3 Å². The van der Waals surface area contributed by atoms with Gasteiger partial charge < -0.3 is 14.7 Å². The lowest BCUT2D eigenvalue weighted by Gasteiger charge is -2.30. The quantitative estimate of drug-likeness (QED) is 0.785. The summed E-state index contributed by atoms with van der Waals surface area (Å²) in [4.78, 5) is 12.7. The number of nitrogens with zero attached hydrogens (tertiary/aromatic N) is 1. The van der Waals surface area contributed by atoms with Gasteiger partial charge >= 0.3 is 6.18 Å². The van der Waals surface area contributed by atoms with Crippen molar-refractivity contribution in [3.8, 4) is 0 Å². The first-order valence-electron chi connectivity index (χ1n) is 4.99. The van der Waals surface area contributed by atoms with Gasteiger partial charge in [0.1, 0.15) is 13.2 Å². The number of alkyl halides is 3. The van der Waals surface area contributed by atoms with Gasteiger partial charge in [-0.25, -0.2) is 0 Å². The first-order chi connectivity index (χ1) is 7.38. The minimum Gasteiger partial charge on any atom is -0.391 e. The molecule has 0 aromatic rings. The third kappa shape index (κ3) is 4.80. The molecule has 0 aromatic carbocycles. The molecule has 0 bridgehead atoms. The van der Waals surface area contributed by atoms with Gasteiger partial charge in [0.15, 0.2) is 0 Å². The minimum absolute atomic E-state index is 0.175. The molecule has 1 aliphatic rings. The molecule has 0 saturated carbocycles. The lowest BCUT2D eigenvalue weighted by Crippen LogP contribution is -2.44. The predicted molar refractivity (Wildman–Crippen MR) is 48.7 cm³/mol. The zero-order valence-corrected chi connectivity index (χ0v) is 8.66. The molecule has 1 fully saturated rings. The van der Waals surface area contributed by atoms with E-state index in [1.807, 2.05) is 0 Å². The van der Waals surface area contributed by atoms with Gasteiger partial charge in [0.2, 0.25) is 5.91 Å². The van der Waals surface area contributed by atoms with Crippen LogP contribution in [-0.2, 0) is 9.53 Å². The van der Waals surface area contributed by atoms with E-state index in [1.54, 1.807) is 0 Å². The van der Waals surface area contributed by atoms with Crippen LogP contribution >= 0.6 is 0 Å². The number of ether oxygens (including phenoxy) is 1. The number of likely N-dealkylation sites (tertiary alicyclic amines) is 1. The van der Waals surface area contributed by atoms with Gasteiger partial charge in [-0.1, -0.05) is 0 Å². The van der Waals surface area contributed by atoms with Crippen LogP contribution < -0.4 is 0 Å². The van der Waals surface area contributed by atoms with Gasteiger partial charge in [0, 0.05) is 13.1 Å². The summed E-state index contributed by atoms with van der Waals surface area (Å²) in [5, 5.41) is 9.27. The number of β-amino-alcohol motifs (C(OH)–C–C–N with tert-alkyl or cyclic N) is 1. The monoisotopic (exact) mass is 241 g/mol. The molecule has 7 heteroatoms. The second-order valence-electron chi connectivity index (χ2n) is 3.74. The maximum Gasteiger partial charge on any atom is 0.411 e. The molecule has 1 amide bonds. The Balaban J connectivity index is 2.24. The summed E-state index contributed by atoms with van der Waals surface area (Å²) in [6.07, 6.45) is -3.72. The Hall–Kier alpha value is -0.820. The summed E-state index contributed by atoms with van der Waals surface area (Å²) in [6, 6.07) is 0. The van der Waals surface area contributed by atoms with Crippen molar-refractivity contribution in [3.05, 3.63) is 0 Å². The lowest BCUT2D eigenvalue weighted by molar-refractivity contribution is -0.178. The van der Waals surface area contributed by atoms with Crippen LogP contribution in [0.1, 0.15) is 12.8 Å². The molecule has 0 spiro atoms. The highest BCUT2D eigenvalue weighted by atomic mass is 19.4. The number of carbonyl (C=O) groups is 1. The second kappa shape index (κ2) is 5.49. The smallest absolute Gasteiger partial charge is 0.391 e. The summed E-state index contributed by atoms with van der Waals surface area (Å²) in [6.45, 7) is -1.37. The van der Waals surface area contributed by atoms with E-state index < -0.39 is 31.4 Å². The second-order valence-corrected chi connectivity index (χ2v) is 3.74. The van der Waals surface area contributed by atoms with Crippen molar-refractivity contribution in [3.63, 3.8) is 0 Å². The summed E-state index contributed by atoms with van der Waals surface area (Å²) in [7, 11) is 0. The zero-order chi connectivity index (χ0) is 12.2. The van der Waals surface area contributed by atoms with Crippen LogP contribution in [0, 0.1) is 0 Å². The number of hydrogen-bond acceptors (Lipinski definition) is 3. The highest BCUT2D eigenvalue weighted by Crippen LogP contribution is 2.15. The highest BCUT2D eigenvalue weighted by molar-refractivity contribution is 5.77. The first-order valence-corrected chi connectivity index (χ1v) is 4.99. The van der Waals surface area contributed by atoms with Crippen LogP contribution in [0.4, 0.5) is 13.2 Å². The number of rotatable bonds is 3. The molecule has 1 heterocycles. The van der Waals surface area contributed by atoms with Crippen LogP contribution in [-0.4, -0.2) is 54.5 Å². The number of piperidine rings is 1. The molecule has 1 saturated heterocycles. The molecule has 1 N–H and O–H groups in total. The van der Waals surface area contributed by atoms with Crippen molar-refractivity contribution in [2.24, 2.45) is 0 Å². The van der Waals surface area contributed by atoms with Gasteiger partial charge in [-0.3, -0.25) is 4.79 Å². The summed E-state index contributed by atoms with van der Waals surface area (Å²) < 4.78 is 39.4. The maximum absolute atomic E-state index is 11.7. The van der Waals surface area contributed by atoms with Gasteiger partial charge in [0.05, 0.1) is 6.10 Å². The molecule has 0 radical (unpaired) electrons. The van der Waals surface area contributed by atoms with Gasteiger partial charge in [-0.05, 0) is 12.8 Å². The maximum atomic E-state index is 11.7. The van der Waals surface area contributed by atoms with Crippen molar-refractivity contribution in [1.29, 1.82) is 0 Å². The average Bonchev–Trinajstić information content (AvgIpc) is 2.15. The number of halogens is 3. The molecule has 1 rings (SSSR count). The summed E-state index contributed by atoms with van der Waals surface area (Å²) >= 11 is 0. The molecular formula is C9H14F3NO3. The van der Waals surface area contributed by atoms with E-state index >= 15 is 0 Å². The fraction of sp³-hybridized carbons (Fsp3) is 0.889. The first kappa shape index (κ1) is 13.2. The normalized spacial score (nSPS) is 22.2. The Kier molecular flexibility index (Phi) is 4.55. The third-order valence-corrected chi connectivity index (χ3v) is 2.24. The van der Waals surface area contributed by atoms with E-state index in [-0.39, 0.29) is 6.54 Å². The molecule has 1 aliphatic heterocycles. The van der Waals surface area contributed by atoms with Crippen LogP contribution in [0.3, 0.4) is 0 Å². The molecule has 4 nitrogen and oxygen atoms in total. The van der Waals surface area contributed by atoms with Crippen molar-refractivity contribution < 1.29 is 27.8 Å². The average molecular weight is 241 g/mol. The van der Waals surface area contributed by atoms with Crippen LogP contribution in [0.2, 0.25) is 0 Å². The molecule has 16 heavy (non-hydrogen) atoms. The number of aliphatic hydroxyl groups excluding tert-OH is 1. The topological polar surface area (TPSA) is 49.8 Å². The number of carbonyl (C=O) groups excluding carboxylic acids is 1. The molecule has 0 aliphatic carbocycles. The molecular weight excluding hydrogens is 227 g/mol. The van der Waals surface area contributed by atoms with Crippen LogP contribution in [0.15, 0.2) is 0 Å². The minimum atomic E-state index is -4.41. The SMILES string of the molecule is O=C(COCC(F)(F)F)N1CCC[C@H](O)C1. The van der Waals surface area contributed by atoms with Gasteiger partial charge in [0.25, 0.3) is 0 Å². The van der Waals surface area contributed by atoms with E-state index in [2.05, 4.69) is 4.74 Å². The van der Waals surface area contributed by atoms with Crippen LogP contribution in [0.5, 0.6) is 0 Å². The van der Waals surface area contributed by atoms with Crippen molar-refractivity contribution >= 4 is 5.91 Å². The molecule has 1 atom stereocenters. The third-order valence-electron chi connectivity index (χ3n) is 2.24. The molecule has 0 aromatic heterocycles. The predicted octanol–water partition coefficient (Wildman–Crippen LogP) is 0.549. The van der Waals surface area contributed by atoms with Crippen LogP contribution in [0.25, 0.3) is 0 Å². The Labute approximate surface area is 91.0 Å². The molecule has 94 valence electrons. The van der Waals surface area contributed by atoms with E-state index in [4.69, 9.17) is 0 Å². The Morgan fingerprint density at radius 3 is 2.75 bits per heavy atom. The number of hydrogen-bond donors (Lipinski definition) is 1. The fourth-order valence-electron chi connectivity index (χ4n) is 1.53. The number of amides is 1. The largest absolute Gasteiger partial charge is 0.411 e. The zero-order valence-electron chi connectivity index (χ0n) is 8.66. The van der Waals surface area contributed by atoms with Gasteiger partial charge in [-0.2, -0.15) is 13.2 Å². The Morgan fingerprint density at radius 1 is 1.50 bits per heavy atom. The van der Waals surface area contributed by atoms with E-state index in [1.165, 1.54) is 4.90 Å². The van der Waals surface area contributed by atoms with Crippen molar-refractivity contribution in [1.82, 2.24) is 4.90 Å². The molecule has 0 unspecified atom stereocenters. The van der Waals surface area contributed by atoms with E-state index in [9.17, 15) is 23.1 Å². The Morgan fingerprint density at radius 2 is 2.19 bits per heavy atom. The Bertz CT molecular complexity index is 245. The fourth-order valence-corrected chi connectivity index (χ4v) is 1.53. The summed E-state index contributed by atoms with van der Waals surface area (Å²) in [5.74, 6) is -0.511. The standard InChI is InChI=1S/C9H14F3NO3/c10-9(11,12)6-16-5-8(15)13-3-1-2-7(14)4-13/h7,14H,1-6H2/t7-/m0/s1. The lowest BCUT2D eigenvalue weighted by atomic mass is 10.1. The number of aliphatic hydroxyl groups is 1. The van der Waals surface area contributed by atoms with Crippen molar-refractivity contribution in [2.45, 2.75) is 25.1 Å². The summed E-state index contributed by atoms with van der Waals surface area (Å²) in [5.41, 5.74) is 0. The van der Waals surface area contributed by atoms with E-state index in [0.29, 0.717) is 19.4 Å². The van der Waals surface area contributed by atoms with Gasteiger partial charge in [-0.15, -0.1) is 0 Å².